The van der Waals surface area contributed by atoms with Gasteiger partial charge in [-0.1, -0.05) is 114 Å². The minimum absolute atomic E-state index is 0.138. The van der Waals surface area contributed by atoms with Crippen LogP contribution in [0, 0.1) is 11.8 Å². The number of aliphatic hydroxyl groups excluding tert-OH is 3. The zero-order valence-corrected chi connectivity index (χ0v) is 35.1. The second-order valence-corrected chi connectivity index (χ2v) is 16.2. The van der Waals surface area contributed by atoms with Crippen LogP contribution < -0.4 is 5.73 Å². The van der Waals surface area contributed by atoms with Crippen LogP contribution in [-0.4, -0.2) is 93.5 Å². The number of unbranched alkanes of at least 4 members (excludes halogenated alkanes) is 10. The number of allylic oxidation sites excluding steroid dienone is 5. The number of hydrogen-bond acceptors (Lipinski definition) is 12. The maximum atomic E-state index is 12.8. The highest BCUT2D eigenvalue weighted by Gasteiger charge is 2.39. The average molecular weight is 830 g/mol. The molecular weight excluding hydrogens is 757 g/mol. The number of nitrogens with two attached hydrogens (primary N) is 1. The molecule has 1 aliphatic carbocycles. The van der Waals surface area contributed by atoms with Crippen LogP contribution in [0.25, 0.3) is 0 Å². The van der Waals surface area contributed by atoms with Crippen LogP contribution in [0.3, 0.4) is 0 Å². The molecule has 0 aliphatic heterocycles. The molecule has 57 heavy (non-hydrogen) atoms. The Morgan fingerprint density at radius 2 is 1.42 bits per heavy atom. The number of hydrogen-bond donors (Lipinski definition) is 6. The van der Waals surface area contributed by atoms with Gasteiger partial charge >= 0.3 is 25.7 Å². The Balaban J connectivity index is 2.60. The van der Waals surface area contributed by atoms with E-state index in [-0.39, 0.29) is 31.1 Å². The summed E-state index contributed by atoms with van der Waals surface area (Å²) in [4.78, 5) is 46.2. The minimum Gasteiger partial charge on any atom is -0.480 e. The summed E-state index contributed by atoms with van der Waals surface area (Å²) in [6.45, 7) is 2.30. The Kier molecular flexibility index (Phi) is 29.6. The second-order valence-electron chi connectivity index (χ2n) is 14.8. The molecule has 8 atom stereocenters. The van der Waals surface area contributed by atoms with Crippen molar-refractivity contribution >= 4 is 25.7 Å². The summed E-state index contributed by atoms with van der Waals surface area (Å²) < 4.78 is 32.6. The van der Waals surface area contributed by atoms with Crippen molar-refractivity contribution in [1.82, 2.24) is 0 Å². The predicted molar refractivity (Wildman–Crippen MR) is 219 cm³/mol. The zero-order valence-electron chi connectivity index (χ0n) is 34.2. The maximum Gasteiger partial charge on any atom is 0.472 e. The first-order valence-electron chi connectivity index (χ1n) is 20.9. The first-order valence-corrected chi connectivity index (χ1v) is 22.4. The van der Waals surface area contributed by atoms with Crippen molar-refractivity contribution in [2.45, 2.75) is 166 Å². The SMILES string of the molecule is CCCCC/C=C\C/C=C\CCCCCCCC(=O)OC[C@H](COP(=O)(O)OC[C@H](N)C(=O)O)OC(=O)C/C=C\C[C@H]1[C@@H](/C=C/[C@H](O)CCCCC)[C@H](O)C[C@@H]1O. The Labute approximate surface area is 340 Å². The van der Waals surface area contributed by atoms with Crippen molar-refractivity contribution in [2.24, 2.45) is 17.6 Å². The average Bonchev–Trinajstić information content (AvgIpc) is 3.44. The number of phosphoric ester groups is 1. The number of phosphoric acid groups is 1. The molecule has 0 aromatic heterocycles. The highest BCUT2D eigenvalue weighted by Crippen LogP contribution is 2.43. The van der Waals surface area contributed by atoms with Crippen molar-refractivity contribution in [3.63, 3.8) is 0 Å². The molecule has 0 aromatic carbocycles. The van der Waals surface area contributed by atoms with E-state index >= 15 is 0 Å². The van der Waals surface area contributed by atoms with Gasteiger partial charge in [-0.2, -0.15) is 0 Å². The fourth-order valence-electron chi connectivity index (χ4n) is 6.24. The van der Waals surface area contributed by atoms with Gasteiger partial charge in [0.15, 0.2) is 6.10 Å². The molecule has 328 valence electrons. The number of carboxylic acids is 1. The molecular formula is C42H72NO13P. The molecule has 14 nitrogen and oxygen atoms in total. The fraction of sp³-hybridized carbons (Fsp3) is 0.738. The molecule has 7 N–H and O–H groups in total. The lowest BCUT2D eigenvalue weighted by atomic mass is 9.89. The Morgan fingerprint density at radius 3 is 2.11 bits per heavy atom. The molecule has 1 fully saturated rings. The van der Waals surface area contributed by atoms with Gasteiger partial charge in [-0.25, -0.2) is 4.57 Å². The van der Waals surface area contributed by atoms with Gasteiger partial charge in [-0.3, -0.25) is 23.4 Å². The highest BCUT2D eigenvalue weighted by atomic mass is 31.2. The summed E-state index contributed by atoms with van der Waals surface area (Å²) in [5.74, 6) is -3.45. The van der Waals surface area contributed by atoms with Crippen molar-refractivity contribution in [3.8, 4) is 0 Å². The van der Waals surface area contributed by atoms with Gasteiger partial charge in [0.2, 0.25) is 0 Å². The van der Waals surface area contributed by atoms with E-state index in [4.69, 9.17) is 24.8 Å². The standard InChI is InChI=1S/C42H72NO13P/c1-3-5-7-8-9-10-11-12-13-14-15-16-17-18-20-25-40(47)53-30-34(31-54-57(51,52)55-32-37(43)42(49)50)56-41(48)26-22-21-24-35-36(39(46)29-38(35)45)28-27-33(44)23-19-6-4-2/h9-10,12-13,21-22,27-28,33-39,44-46H,3-8,11,14-20,23-26,29-32,43H2,1-2H3,(H,49,50)(H,51,52)/b10-9-,13-12-,22-21-,28-27+/t33-,34-,35+,36-,37+,38+,39-/m1/s1. The van der Waals surface area contributed by atoms with Crippen LogP contribution in [0.4, 0.5) is 0 Å². The van der Waals surface area contributed by atoms with E-state index in [1.165, 1.54) is 25.3 Å². The second kappa shape index (κ2) is 32.2. The third-order valence-electron chi connectivity index (χ3n) is 9.65. The summed E-state index contributed by atoms with van der Waals surface area (Å²) >= 11 is 0. The van der Waals surface area contributed by atoms with Crippen LogP contribution in [0.15, 0.2) is 48.6 Å². The lowest BCUT2D eigenvalue weighted by molar-refractivity contribution is -0.160. The molecule has 1 rings (SSSR count). The smallest absolute Gasteiger partial charge is 0.472 e. The normalized spacial score (nSPS) is 21.4. The van der Waals surface area contributed by atoms with Gasteiger partial charge in [0.25, 0.3) is 0 Å². The van der Waals surface area contributed by atoms with E-state index in [9.17, 15) is 39.2 Å². The molecule has 0 bridgehead atoms. The van der Waals surface area contributed by atoms with Gasteiger partial charge in [0, 0.05) is 18.8 Å². The molecule has 0 heterocycles. The van der Waals surface area contributed by atoms with Crippen LogP contribution in [0.1, 0.15) is 136 Å². The molecule has 0 saturated heterocycles. The van der Waals surface area contributed by atoms with Crippen LogP contribution in [0.2, 0.25) is 0 Å². The van der Waals surface area contributed by atoms with E-state index in [0.29, 0.717) is 19.3 Å². The molecule has 1 aliphatic rings. The van der Waals surface area contributed by atoms with Crippen molar-refractivity contribution in [2.75, 3.05) is 19.8 Å². The van der Waals surface area contributed by atoms with Gasteiger partial charge in [0.1, 0.15) is 12.6 Å². The molecule has 0 spiro atoms. The van der Waals surface area contributed by atoms with Crippen LogP contribution >= 0.6 is 7.82 Å². The van der Waals surface area contributed by atoms with Crippen molar-refractivity contribution in [3.05, 3.63) is 48.6 Å². The molecule has 0 amide bonds. The highest BCUT2D eigenvalue weighted by molar-refractivity contribution is 7.47. The van der Waals surface area contributed by atoms with E-state index in [1.807, 2.05) is 0 Å². The maximum absolute atomic E-state index is 12.8. The van der Waals surface area contributed by atoms with E-state index in [2.05, 4.69) is 42.7 Å². The number of rotatable bonds is 34. The molecule has 1 saturated carbocycles. The molecule has 1 unspecified atom stereocenters. The van der Waals surface area contributed by atoms with Gasteiger partial charge in [0.05, 0.1) is 37.9 Å². The predicted octanol–water partition coefficient (Wildman–Crippen LogP) is 6.99. The molecule has 15 heteroatoms. The largest absolute Gasteiger partial charge is 0.480 e. The summed E-state index contributed by atoms with van der Waals surface area (Å²) in [5, 5.41) is 40.2. The fourth-order valence-corrected chi connectivity index (χ4v) is 7.02. The molecule has 0 radical (unpaired) electrons. The van der Waals surface area contributed by atoms with Gasteiger partial charge < -0.3 is 40.5 Å². The van der Waals surface area contributed by atoms with Gasteiger partial charge in [-0.15, -0.1) is 0 Å². The first-order chi connectivity index (χ1) is 27.3. The lowest BCUT2D eigenvalue weighted by Crippen LogP contribution is -2.34. The number of aliphatic hydroxyl groups is 3. The van der Waals surface area contributed by atoms with Crippen molar-refractivity contribution in [1.29, 1.82) is 0 Å². The van der Waals surface area contributed by atoms with E-state index in [0.717, 1.165) is 64.2 Å². The third-order valence-corrected chi connectivity index (χ3v) is 10.6. The lowest BCUT2D eigenvalue weighted by Gasteiger charge is -2.20. The summed E-state index contributed by atoms with van der Waals surface area (Å²) in [7, 11) is -4.81. The Bertz CT molecular complexity index is 1270. The molecule has 0 aromatic rings. The zero-order chi connectivity index (χ0) is 42.3. The monoisotopic (exact) mass is 829 g/mol. The minimum atomic E-state index is -4.81. The van der Waals surface area contributed by atoms with Crippen molar-refractivity contribution < 1.29 is 62.8 Å². The Hall–Kier alpha value is -2.68. The number of esters is 2. The number of carbonyl (C=O) groups excluding carboxylic acids is 2. The quantitative estimate of drug-likeness (QED) is 0.0166. The first kappa shape index (κ1) is 52.3. The summed E-state index contributed by atoms with van der Waals surface area (Å²) in [6, 6.07) is -1.58. The Morgan fingerprint density at radius 1 is 0.789 bits per heavy atom. The van der Waals surface area contributed by atoms with Gasteiger partial charge in [-0.05, 0) is 57.3 Å². The topological polar surface area (TPSA) is 232 Å². The van der Waals surface area contributed by atoms with E-state index in [1.54, 1.807) is 18.2 Å². The summed E-state index contributed by atoms with van der Waals surface area (Å²) in [5.41, 5.74) is 5.32. The number of carboxylic acid groups (broad SMARTS) is 1. The van der Waals surface area contributed by atoms with Crippen LogP contribution in [0.5, 0.6) is 0 Å². The number of ether oxygens (including phenoxy) is 2. The summed E-state index contributed by atoms with van der Waals surface area (Å²) in [6.07, 6.45) is 27.4. The number of aliphatic carboxylic acids is 1. The van der Waals surface area contributed by atoms with E-state index < -0.39 is 76.0 Å². The van der Waals surface area contributed by atoms with Crippen LogP contribution in [-0.2, 0) is 37.5 Å². The number of carbonyl (C=O) groups is 3. The third kappa shape index (κ3) is 26.9.